The number of dihydropyridines is 1. The van der Waals surface area contributed by atoms with Crippen LogP contribution in [0.4, 0.5) is 4.39 Å². The molecule has 2 aliphatic carbocycles. The van der Waals surface area contributed by atoms with Crippen molar-refractivity contribution in [3.63, 3.8) is 0 Å². The quantitative estimate of drug-likeness (QED) is 0.431. The zero-order chi connectivity index (χ0) is 26.7. The summed E-state index contributed by atoms with van der Waals surface area (Å²) in [5, 5.41) is 4.12. The van der Waals surface area contributed by atoms with Crippen molar-refractivity contribution in [2.24, 2.45) is 10.8 Å². The minimum Gasteiger partial charge on any atom is -0.487 e. The van der Waals surface area contributed by atoms with Crippen LogP contribution in [0.25, 0.3) is 0 Å². The number of carbonyl (C=O) groups excluding carboxylic acids is 2. The molecule has 0 saturated heterocycles. The number of hydrogen-bond donors (Lipinski definition) is 1. The van der Waals surface area contributed by atoms with E-state index in [0.717, 1.165) is 11.4 Å². The molecule has 0 saturated carbocycles. The van der Waals surface area contributed by atoms with Crippen molar-refractivity contribution in [1.82, 2.24) is 5.32 Å². The van der Waals surface area contributed by atoms with Gasteiger partial charge >= 0.3 is 0 Å². The first-order valence-electron chi connectivity index (χ1n) is 12.5. The minimum atomic E-state index is -0.662. The number of nitrogens with one attached hydrogen (secondary N) is 1. The van der Waals surface area contributed by atoms with Crippen molar-refractivity contribution in [1.29, 1.82) is 0 Å². The second-order valence-corrected chi connectivity index (χ2v) is 12.8. The Kier molecular flexibility index (Phi) is 6.52. The normalized spacial score (nSPS) is 20.9. The van der Waals surface area contributed by atoms with Crippen LogP contribution in [0.3, 0.4) is 0 Å². The minimum absolute atomic E-state index is 0.0101. The first-order chi connectivity index (χ1) is 17.3. The molecule has 0 spiro atoms. The molecule has 0 fully saturated rings. The van der Waals surface area contributed by atoms with Gasteiger partial charge in [0.1, 0.15) is 18.2 Å². The van der Waals surface area contributed by atoms with Gasteiger partial charge < -0.3 is 10.1 Å². The average molecular weight is 542 g/mol. The fraction of sp³-hybridized carbons (Fsp3) is 0.400. The van der Waals surface area contributed by atoms with Gasteiger partial charge in [0.2, 0.25) is 0 Å². The molecule has 2 aromatic carbocycles. The summed E-state index contributed by atoms with van der Waals surface area (Å²) in [5.41, 5.74) is 3.32. The van der Waals surface area contributed by atoms with E-state index >= 15 is 0 Å². The first-order valence-corrected chi connectivity index (χ1v) is 13.3. The molecule has 1 heterocycles. The Hall–Kier alpha value is -2.63. The highest BCUT2D eigenvalue weighted by atomic mass is 35.5. The van der Waals surface area contributed by atoms with E-state index in [2.05, 4.69) is 33.0 Å². The van der Waals surface area contributed by atoms with Crippen LogP contribution < -0.4 is 10.1 Å². The number of hydrogen-bond acceptors (Lipinski definition) is 4. The van der Waals surface area contributed by atoms with Crippen LogP contribution in [0.2, 0.25) is 10.0 Å². The monoisotopic (exact) mass is 541 g/mol. The molecule has 0 radical (unpaired) electrons. The van der Waals surface area contributed by atoms with Crippen LogP contribution in [-0.4, -0.2) is 11.6 Å². The van der Waals surface area contributed by atoms with Crippen molar-refractivity contribution >= 4 is 34.8 Å². The lowest BCUT2D eigenvalue weighted by atomic mass is 9.64. The predicted octanol–water partition coefficient (Wildman–Crippen LogP) is 7.68. The van der Waals surface area contributed by atoms with Gasteiger partial charge in [0, 0.05) is 57.4 Å². The molecule has 0 amide bonds. The second-order valence-electron chi connectivity index (χ2n) is 11.9. The predicted molar refractivity (Wildman–Crippen MR) is 143 cm³/mol. The standard InChI is InChI=1S/C30H30Cl2FNO3/c1-29(2)11-21-26(23(35)13-29)25(27-22(34-21)12-30(3,4)14-24(27)36)18-9-17(31)10-19(32)28(18)37-15-16-7-5-6-8-20(16)33/h5-10,25,34H,11-15H2,1-4H3. The fourth-order valence-electron chi connectivity index (χ4n) is 5.91. The van der Waals surface area contributed by atoms with E-state index in [1.165, 1.54) is 6.07 Å². The zero-order valence-electron chi connectivity index (χ0n) is 21.4. The summed E-state index contributed by atoms with van der Waals surface area (Å²) in [7, 11) is 0. The van der Waals surface area contributed by atoms with Crippen LogP contribution in [0.1, 0.15) is 70.4 Å². The molecule has 0 unspecified atom stereocenters. The largest absolute Gasteiger partial charge is 0.487 e. The Morgan fingerprint density at radius 3 is 2.05 bits per heavy atom. The van der Waals surface area contributed by atoms with E-state index in [4.69, 9.17) is 27.9 Å². The van der Waals surface area contributed by atoms with Gasteiger partial charge in [0.15, 0.2) is 11.6 Å². The third kappa shape index (κ3) is 4.96. The molecule has 37 heavy (non-hydrogen) atoms. The zero-order valence-corrected chi connectivity index (χ0v) is 22.9. The van der Waals surface area contributed by atoms with E-state index in [1.54, 1.807) is 30.3 Å². The maximum atomic E-state index is 14.4. The smallest absolute Gasteiger partial charge is 0.162 e. The van der Waals surface area contributed by atoms with Crippen LogP contribution in [0.5, 0.6) is 5.75 Å². The topological polar surface area (TPSA) is 55.4 Å². The lowest BCUT2D eigenvalue weighted by Gasteiger charge is -2.44. The van der Waals surface area contributed by atoms with Gasteiger partial charge in [0.05, 0.1) is 5.02 Å². The van der Waals surface area contributed by atoms with Gasteiger partial charge in [-0.1, -0.05) is 69.1 Å². The highest BCUT2D eigenvalue weighted by Gasteiger charge is 2.47. The number of Topliss-reactive ketones (excluding diaryl/α,β-unsaturated/α-hetero) is 2. The summed E-state index contributed by atoms with van der Waals surface area (Å²) in [5.74, 6) is -0.769. The van der Waals surface area contributed by atoms with E-state index in [9.17, 15) is 14.0 Å². The summed E-state index contributed by atoms with van der Waals surface area (Å²) < 4.78 is 20.5. The molecular formula is C30H30Cl2FNO3. The van der Waals surface area contributed by atoms with E-state index in [0.29, 0.717) is 58.7 Å². The molecule has 194 valence electrons. The fourth-order valence-corrected chi connectivity index (χ4v) is 6.48. The number of ether oxygens (including phenoxy) is 1. The molecule has 0 aromatic heterocycles. The molecule has 7 heteroatoms. The van der Waals surface area contributed by atoms with Crippen molar-refractivity contribution in [3.8, 4) is 5.75 Å². The molecule has 5 rings (SSSR count). The van der Waals surface area contributed by atoms with Crippen molar-refractivity contribution in [3.05, 3.63) is 85.9 Å². The Morgan fingerprint density at radius 2 is 1.49 bits per heavy atom. The van der Waals surface area contributed by atoms with Gasteiger partial charge in [-0.3, -0.25) is 9.59 Å². The van der Waals surface area contributed by atoms with Gasteiger partial charge in [0.25, 0.3) is 0 Å². The lowest BCUT2D eigenvalue weighted by molar-refractivity contribution is -0.119. The number of halogens is 3. The van der Waals surface area contributed by atoms with Gasteiger partial charge in [-0.15, -0.1) is 0 Å². The molecule has 4 nitrogen and oxygen atoms in total. The van der Waals surface area contributed by atoms with Crippen LogP contribution >= 0.6 is 23.2 Å². The number of rotatable bonds is 4. The maximum absolute atomic E-state index is 14.4. The Bertz CT molecular complexity index is 1340. The summed E-state index contributed by atoms with van der Waals surface area (Å²) >= 11 is 13.1. The Balaban J connectivity index is 1.69. The summed E-state index contributed by atoms with van der Waals surface area (Å²) in [6, 6.07) is 9.64. The van der Waals surface area contributed by atoms with Crippen molar-refractivity contribution in [2.75, 3.05) is 0 Å². The number of benzene rings is 2. The maximum Gasteiger partial charge on any atom is 0.162 e. The lowest BCUT2D eigenvalue weighted by Crippen LogP contribution is -2.42. The third-order valence-corrected chi connectivity index (χ3v) is 7.90. The summed E-state index contributed by atoms with van der Waals surface area (Å²) in [6.45, 7) is 8.23. The number of ketones is 2. The van der Waals surface area contributed by atoms with E-state index < -0.39 is 5.92 Å². The van der Waals surface area contributed by atoms with Gasteiger partial charge in [-0.2, -0.15) is 0 Å². The molecule has 3 aliphatic rings. The second kappa shape index (κ2) is 9.28. The molecule has 2 aromatic rings. The van der Waals surface area contributed by atoms with Gasteiger partial charge in [-0.25, -0.2) is 4.39 Å². The SMILES string of the molecule is CC1(C)CC(=O)C2=C(C1)NC1=C(C(=O)CC(C)(C)C1)C2c1cc(Cl)cc(Cl)c1OCc1ccccc1F. The Morgan fingerprint density at radius 1 is 0.919 bits per heavy atom. The average Bonchev–Trinajstić information content (AvgIpc) is 2.76. The molecule has 0 atom stereocenters. The Labute approximate surface area is 226 Å². The number of carbonyl (C=O) groups is 2. The summed E-state index contributed by atoms with van der Waals surface area (Å²) in [6.07, 6.45) is 2.09. The molecular weight excluding hydrogens is 512 g/mol. The summed E-state index contributed by atoms with van der Waals surface area (Å²) in [4.78, 5) is 27.3. The molecule has 0 bridgehead atoms. The van der Waals surface area contributed by atoms with Crippen LogP contribution in [-0.2, 0) is 16.2 Å². The highest BCUT2D eigenvalue weighted by molar-refractivity contribution is 6.35. The van der Waals surface area contributed by atoms with Gasteiger partial charge in [-0.05, 0) is 41.9 Å². The van der Waals surface area contributed by atoms with Crippen molar-refractivity contribution < 1.29 is 18.7 Å². The molecule has 1 aliphatic heterocycles. The molecule has 1 N–H and O–H groups in total. The van der Waals surface area contributed by atoms with Crippen LogP contribution in [0.15, 0.2) is 58.9 Å². The highest BCUT2D eigenvalue weighted by Crippen LogP contribution is 2.53. The number of allylic oxidation sites excluding steroid dienone is 4. The van der Waals surface area contributed by atoms with Crippen LogP contribution in [0, 0.1) is 16.6 Å². The van der Waals surface area contributed by atoms with E-state index in [-0.39, 0.29) is 39.8 Å². The van der Waals surface area contributed by atoms with E-state index in [1.807, 2.05) is 0 Å². The third-order valence-electron chi connectivity index (χ3n) is 7.40. The van der Waals surface area contributed by atoms with Crippen molar-refractivity contribution in [2.45, 2.75) is 65.9 Å². The first kappa shape index (κ1) is 26.0.